The average Bonchev–Trinajstić information content (AvgIpc) is 2.96. The highest BCUT2D eigenvalue weighted by Crippen LogP contribution is 2.29. The van der Waals surface area contributed by atoms with Gasteiger partial charge >= 0.3 is 6.09 Å². The summed E-state index contributed by atoms with van der Waals surface area (Å²) in [6, 6.07) is 9.61. The molecule has 90 valence electrons. The normalized spacial score (nSPS) is 26.4. The topological polar surface area (TPSA) is 54.1 Å². The second-order valence-electron chi connectivity index (χ2n) is 4.29. The first kappa shape index (κ1) is 10.6. The van der Waals surface area contributed by atoms with E-state index < -0.39 is 6.09 Å². The highest BCUT2D eigenvalue weighted by atomic mass is 16.6. The number of benzene rings is 1. The van der Waals surface area contributed by atoms with Gasteiger partial charge in [0.15, 0.2) is 0 Å². The summed E-state index contributed by atoms with van der Waals surface area (Å²) in [6.45, 7) is 1.81. The summed E-state index contributed by atoms with van der Waals surface area (Å²) in [4.78, 5) is 11.5. The molecule has 2 fully saturated rings. The molecule has 0 spiro atoms. The van der Waals surface area contributed by atoms with Crippen molar-refractivity contribution in [1.29, 1.82) is 0 Å². The van der Waals surface area contributed by atoms with Gasteiger partial charge in [-0.3, -0.25) is 5.43 Å². The zero-order valence-corrected chi connectivity index (χ0v) is 9.33. The Balaban J connectivity index is 1.41. The first-order valence-corrected chi connectivity index (χ1v) is 5.69. The second kappa shape index (κ2) is 4.35. The van der Waals surface area contributed by atoms with Crippen LogP contribution >= 0.6 is 0 Å². The van der Waals surface area contributed by atoms with Crippen LogP contribution in [0.2, 0.25) is 0 Å². The van der Waals surface area contributed by atoms with Crippen LogP contribution in [0.5, 0.6) is 0 Å². The number of rotatable bonds is 3. The van der Waals surface area contributed by atoms with Crippen molar-refractivity contribution >= 4 is 6.09 Å². The van der Waals surface area contributed by atoms with Crippen molar-refractivity contribution < 1.29 is 14.3 Å². The van der Waals surface area contributed by atoms with Gasteiger partial charge in [-0.25, -0.2) is 9.80 Å². The number of carbonyl (C=O) groups excluding carboxylic acids is 1. The lowest BCUT2D eigenvalue weighted by Crippen LogP contribution is -2.42. The first-order chi connectivity index (χ1) is 8.31. The van der Waals surface area contributed by atoms with Crippen molar-refractivity contribution in [3.8, 4) is 0 Å². The van der Waals surface area contributed by atoms with E-state index in [2.05, 4.69) is 5.43 Å². The lowest BCUT2D eigenvalue weighted by molar-refractivity contribution is 0.0923. The Labute approximate surface area is 99.3 Å². The van der Waals surface area contributed by atoms with Crippen molar-refractivity contribution in [3.63, 3.8) is 0 Å². The number of ether oxygens (including phenoxy) is 2. The van der Waals surface area contributed by atoms with Crippen molar-refractivity contribution in [3.05, 3.63) is 35.9 Å². The van der Waals surface area contributed by atoms with Crippen LogP contribution in [0, 0.1) is 0 Å². The lowest BCUT2D eigenvalue weighted by Gasteiger charge is -2.17. The second-order valence-corrected chi connectivity index (χ2v) is 4.29. The van der Waals surface area contributed by atoms with Crippen LogP contribution in [0.4, 0.5) is 4.79 Å². The Morgan fingerprint density at radius 3 is 2.76 bits per heavy atom. The Morgan fingerprint density at radius 1 is 1.35 bits per heavy atom. The van der Waals surface area contributed by atoms with Crippen LogP contribution < -0.4 is 5.43 Å². The van der Waals surface area contributed by atoms with Gasteiger partial charge in [-0.05, 0) is 5.56 Å². The Kier molecular flexibility index (Phi) is 2.70. The minimum atomic E-state index is -0.407. The molecular formula is C12H14N2O3. The van der Waals surface area contributed by atoms with E-state index in [1.807, 2.05) is 35.3 Å². The van der Waals surface area contributed by atoms with Crippen LogP contribution in [-0.2, 0) is 16.1 Å². The predicted molar refractivity (Wildman–Crippen MR) is 60.0 cm³/mol. The number of epoxide rings is 1. The minimum absolute atomic E-state index is 0.296. The van der Waals surface area contributed by atoms with Crippen molar-refractivity contribution in [2.45, 2.75) is 18.8 Å². The van der Waals surface area contributed by atoms with E-state index in [0.29, 0.717) is 18.8 Å². The number of carbonyl (C=O) groups is 1. The number of fused-ring (bicyclic) bond motifs is 1. The molecule has 2 saturated heterocycles. The Bertz CT molecular complexity index is 399. The summed E-state index contributed by atoms with van der Waals surface area (Å²) in [5.41, 5.74) is 3.68. The van der Waals surface area contributed by atoms with Gasteiger partial charge in [0, 0.05) is 13.1 Å². The number of hydrazine groups is 1. The Morgan fingerprint density at radius 2 is 2.06 bits per heavy atom. The van der Waals surface area contributed by atoms with Gasteiger partial charge < -0.3 is 9.47 Å². The summed E-state index contributed by atoms with van der Waals surface area (Å²) < 4.78 is 10.4. The highest BCUT2D eigenvalue weighted by molar-refractivity contribution is 5.66. The van der Waals surface area contributed by atoms with Crippen molar-refractivity contribution in [2.75, 3.05) is 13.1 Å². The highest BCUT2D eigenvalue weighted by Gasteiger charge is 2.47. The maximum Gasteiger partial charge on any atom is 0.422 e. The third kappa shape index (κ3) is 2.57. The van der Waals surface area contributed by atoms with Gasteiger partial charge in [0.1, 0.15) is 18.8 Å². The van der Waals surface area contributed by atoms with Crippen molar-refractivity contribution in [1.82, 2.24) is 10.4 Å². The van der Waals surface area contributed by atoms with E-state index in [9.17, 15) is 4.79 Å². The number of hydrogen-bond acceptors (Lipinski definition) is 4. The number of nitrogens with zero attached hydrogens (tertiary/aromatic N) is 1. The Hall–Kier alpha value is -1.59. The monoisotopic (exact) mass is 234 g/mol. The maximum absolute atomic E-state index is 11.5. The summed E-state index contributed by atoms with van der Waals surface area (Å²) >= 11 is 0. The fourth-order valence-electron chi connectivity index (χ4n) is 1.99. The molecule has 2 heterocycles. The third-order valence-electron chi connectivity index (χ3n) is 2.95. The molecule has 5 nitrogen and oxygen atoms in total. The van der Waals surface area contributed by atoms with E-state index in [1.54, 1.807) is 0 Å². The lowest BCUT2D eigenvalue weighted by atomic mass is 10.2. The summed E-state index contributed by atoms with van der Waals surface area (Å²) in [5, 5.41) is 1.84. The molecule has 0 bridgehead atoms. The molecule has 1 N–H and O–H groups in total. The van der Waals surface area contributed by atoms with Gasteiger partial charge in [-0.15, -0.1) is 0 Å². The number of morpholine rings is 1. The van der Waals surface area contributed by atoms with Gasteiger partial charge in [0.05, 0.1) is 0 Å². The van der Waals surface area contributed by atoms with E-state index >= 15 is 0 Å². The van der Waals surface area contributed by atoms with E-state index in [4.69, 9.17) is 9.47 Å². The molecule has 0 saturated carbocycles. The number of amides is 1. The average molecular weight is 234 g/mol. The standard InChI is InChI=1S/C12H14N2O3/c15-12(13-14-6-10-11(7-14)17-10)16-8-9-4-2-1-3-5-9/h1-5,10-11H,6-8H2,(H,13,15). The molecule has 0 aliphatic carbocycles. The van der Waals surface area contributed by atoms with Gasteiger partial charge in [-0.2, -0.15) is 0 Å². The summed E-state index contributed by atoms with van der Waals surface area (Å²) in [5.74, 6) is 0. The smallest absolute Gasteiger partial charge is 0.422 e. The van der Waals surface area contributed by atoms with Gasteiger partial charge in [-0.1, -0.05) is 30.3 Å². The van der Waals surface area contributed by atoms with Crippen LogP contribution in [0.15, 0.2) is 30.3 Å². The van der Waals surface area contributed by atoms with Crippen LogP contribution in [0.25, 0.3) is 0 Å². The fraction of sp³-hybridized carbons (Fsp3) is 0.417. The van der Waals surface area contributed by atoms with E-state index in [1.165, 1.54) is 0 Å². The summed E-state index contributed by atoms with van der Waals surface area (Å²) in [7, 11) is 0. The zero-order chi connectivity index (χ0) is 11.7. The quantitative estimate of drug-likeness (QED) is 0.790. The molecule has 0 radical (unpaired) electrons. The van der Waals surface area contributed by atoms with Gasteiger partial charge in [0.2, 0.25) is 0 Å². The first-order valence-electron chi connectivity index (χ1n) is 5.69. The molecule has 17 heavy (non-hydrogen) atoms. The van der Waals surface area contributed by atoms with Crippen LogP contribution in [0.1, 0.15) is 5.56 Å². The molecule has 2 aliphatic heterocycles. The minimum Gasteiger partial charge on any atom is -0.444 e. The molecule has 1 aromatic carbocycles. The molecule has 0 aromatic heterocycles. The third-order valence-corrected chi connectivity index (χ3v) is 2.95. The molecule has 2 unspecified atom stereocenters. The maximum atomic E-state index is 11.5. The molecule has 2 atom stereocenters. The fourth-order valence-corrected chi connectivity index (χ4v) is 1.99. The van der Waals surface area contributed by atoms with E-state index in [-0.39, 0.29) is 0 Å². The molecule has 2 aliphatic rings. The van der Waals surface area contributed by atoms with Gasteiger partial charge in [0.25, 0.3) is 0 Å². The SMILES string of the molecule is O=C(NN1CC2OC2C1)OCc1ccccc1. The van der Waals surface area contributed by atoms with Crippen LogP contribution in [-0.4, -0.2) is 36.4 Å². The molecule has 1 amide bonds. The number of nitrogens with one attached hydrogen (secondary N) is 1. The van der Waals surface area contributed by atoms with E-state index in [0.717, 1.165) is 18.7 Å². The predicted octanol–water partition coefficient (Wildman–Crippen LogP) is 0.911. The largest absolute Gasteiger partial charge is 0.444 e. The molecule has 3 rings (SSSR count). The van der Waals surface area contributed by atoms with Crippen LogP contribution in [0.3, 0.4) is 0 Å². The molecule has 1 aromatic rings. The van der Waals surface area contributed by atoms with Crippen molar-refractivity contribution in [2.24, 2.45) is 0 Å². The summed E-state index contributed by atoms with van der Waals surface area (Å²) in [6.07, 6.45) is 0.212. The molecular weight excluding hydrogens is 220 g/mol. The molecule has 5 heteroatoms. The number of hydrogen-bond donors (Lipinski definition) is 1. The zero-order valence-electron chi connectivity index (χ0n) is 9.33.